The Morgan fingerprint density at radius 3 is 2.52 bits per heavy atom. The molecule has 2 aromatic carbocycles. The fraction of sp³-hybridized carbons (Fsp3) is 0.576. The van der Waals surface area contributed by atoms with Gasteiger partial charge in [0.2, 0.25) is 0 Å². The second kappa shape index (κ2) is 18.3. The van der Waals surface area contributed by atoms with Crippen LogP contribution in [0.25, 0.3) is 11.1 Å². The maximum absolute atomic E-state index is 13.5. The average Bonchev–Trinajstić information content (AvgIpc) is 2.98. The van der Waals surface area contributed by atoms with Crippen LogP contribution in [0.1, 0.15) is 72.9 Å². The number of nitrogens with one attached hydrogen (secondary N) is 1. The molecule has 0 aromatic heterocycles. The Kier molecular flexibility index (Phi) is 14.8. The van der Waals surface area contributed by atoms with Crippen molar-refractivity contribution in [2.75, 3.05) is 31.8 Å². The van der Waals surface area contributed by atoms with Crippen LogP contribution in [-0.2, 0) is 20.9 Å². The fourth-order valence-electron chi connectivity index (χ4n) is 5.52. The number of aliphatic hydroxyl groups excluding tert-OH is 2. The van der Waals surface area contributed by atoms with Crippen LogP contribution in [0.5, 0.6) is 0 Å². The lowest BCUT2D eigenvalue weighted by Gasteiger charge is -2.27. The number of hydrogen-bond donors (Lipinski definition) is 4. The number of carboxylic acids is 1. The molecule has 0 spiro atoms. The van der Waals surface area contributed by atoms with Crippen molar-refractivity contribution in [3.63, 3.8) is 0 Å². The first-order valence-electron chi connectivity index (χ1n) is 15.0. The third kappa shape index (κ3) is 11.3. The summed E-state index contributed by atoms with van der Waals surface area (Å²) in [5.74, 6) is 0.0995. The Morgan fingerprint density at radius 2 is 1.83 bits per heavy atom. The van der Waals surface area contributed by atoms with Crippen molar-refractivity contribution < 1.29 is 34.4 Å². The van der Waals surface area contributed by atoms with E-state index in [0.29, 0.717) is 31.1 Å². The van der Waals surface area contributed by atoms with E-state index in [-0.39, 0.29) is 31.6 Å². The van der Waals surface area contributed by atoms with E-state index < -0.39 is 18.1 Å². The number of carbonyl (C=O) groups excluding carboxylic acids is 1. The summed E-state index contributed by atoms with van der Waals surface area (Å²) in [5.41, 5.74) is 4.14. The van der Waals surface area contributed by atoms with Gasteiger partial charge in [0, 0.05) is 11.6 Å². The van der Waals surface area contributed by atoms with Crippen LogP contribution < -0.4 is 5.32 Å². The van der Waals surface area contributed by atoms with Crippen LogP contribution in [0, 0.1) is 12.8 Å². The lowest BCUT2D eigenvalue weighted by molar-refractivity contribution is -0.137. The molecule has 232 valence electrons. The lowest BCUT2D eigenvalue weighted by atomic mass is 9.85. The van der Waals surface area contributed by atoms with Crippen LogP contribution in [0.4, 0.5) is 0 Å². The molecule has 1 aliphatic rings. The first kappa shape index (κ1) is 34.1. The van der Waals surface area contributed by atoms with Crippen LogP contribution >= 0.6 is 11.8 Å². The Bertz CT molecular complexity index is 1120. The van der Waals surface area contributed by atoms with Gasteiger partial charge in [-0.2, -0.15) is 11.8 Å². The van der Waals surface area contributed by atoms with Gasteiger partial charge < -0.3 is 30.1 Å². The number of thioether (sulfide) groups is 1. The number of ether oxygens (including phenoxy) is 2. The highest BCUT2D eigenvalue weighted by molar-refractivity contribution is 7.98. The summed E-state index contributed by atoms with van der Waals surface area (Å²) in [6.45, 7) is 2.38. The minimum atomic E-state index is -0.939. The molecule has 0 radical (unpaired) electrons. The Hall–Kier alpha value is -2.43. The molecule has 4 N–H and O–H groups in total. The van der Waals surface area contributed by atoms with Crippen molar-refractivity contribution in [2.45, 2.75) is 83.1 Å². The second-order valence-electron chi connectivity index (χ2n) is 11.3. The number of carbonyl (C=O) groups is 2. The molecule has 1 unspecified atom stereocenters. The molecule has 0 bridgehead atoms. The summed E-state index contributed by atoms with van der Waals surface area (Å²) in [7, 11) is 0. The van der Waals surface area contributed by atoms with Crippen LogP contribution in [0.15, 0.2) is 42.5 Å². The van der Waals surface area contributed by atoms with Crippen molar-refractivity contribution in [3.05, 3.63) is 59.2 Å². The van der Waals surface area contributed by atoms with Crippen molar-refractivity contribution in [3.8, 4) is 11.1 Å². The van der Waals surface area contributed by atoms with Gasteiger partial charge in [-0.05, 0) is 72.1 Å². The molecule has 2 aromatic rings. The average molecular weight is 602 g/mol. The van der Waals surface area contributed by atoms with Gasteiger partial charge in [-0.15, -0.1) is 0 Å². The quantitative estimate of drug-likeness (QED) is 0.183. The van der Waals surface area contributed by atoms with E-state index >= 15 is 0 Å². The monoisotopic (exact) mass is 601 g/mol. The van der Waals surface area contributed by atoms with Gasteiger partial charge in [-0.1, -0.05) is 62.4 Å². The lowest BCUT2D eigenvalue weighted by Crippen LogP contribution is -2.37. The summed E-state index contributed by atoms with van der Waals surface area (Å²) in [5, 5.41) is 31.1. The molecule has 1 fully saturated rings. The van der Waals surface area contributed by atoms with Crippen molar-refractivity contribution in [1.29, 1.82) is 0 Å². The zero-order valence-electron chi connectivity index (χ0n) is 24.9. The minimum absolute atomic E-state index is 0.0576. The zero-order chi connectivity index (χ0) is 30.3. The number of hydrogen-bond acceptors (Lipinski definition) is 7. The van der Waals surface area contributed by atoms with Crippen LogP contribution in [0.2, 0.25) is 0 Å². The molecular formula is C33H47NO7S. The summed E-state index contributed by atoms with van der Waals surface area (Å²) < 4.78 is 12.1. The van der Waals surface area contributed by atoms with Gasteiger partial charge in [-0.3, -0.25) is 9.59 Å². The predicted molar refractivity (Wildman–Crippen MR) is 167 cm³/mol. The van der Waals surface area contributed by atoms with E-state index in [0.717, 1.165) is 34.4 Å². The summed E-state index contributed by atoms with van der Waals surface area (Å²) in [4.78, 5) is 24.9. The Labute approximate surface area is 254 Å². The summed E-state index contributed by atoms with van der Waals surface area (Å²) >= 11 is 1.62. The van der Waals surface area contributed by atoms with Crippen LogP contribution in [-0.4, -0.2) is 77.3 Å². The molecule has 1 aliphatic carbocycles. The number of amides is 1. The molecule has 3 atom stereocenters. The van der Waals surface area contributed by atoms with Gasteiger partial charge >= 0.3 is 5.97 Å². The number of carboxylic acid groups (broad SMARTS) is 1. The highest BCUT2D eigenvalue weighted by atomic mass is 32.2. The maximum atomic E-state index is 13.5. The molecule has 8 nitrogen and oxygen atoms in total. The number of benzene rings is 2. The first-order valence-corrected chi connectivity index (χ1v) is 16.4. The molecule has 9 heteroatoms. The number of rotatable bonds is 18. The first-order chi connectivity index (χ1) is 20.3. The molecule has 1 saturated carbocycles. The maximum Gasteiger partial charge on any atom is 0.305 e. The third-order valence-corrected chi connectivity index (χ3v) is 8.47. The topological polar surface area (TPSA) is 125 Å². The standard InChI is InChI=1S/C33H47NO7S/c1-23-8-6-7-11-29(23)31-17-25(12-13-30(31)33(39)34-26(14-15-42-2)18-32(37)38)20-41-28(22-40-21-27(36)19-35)16-24-9-4-3-5-10-24/h6-8,11-13,17,24,26-28,35-36H,3-5,9-10,14-16,18-22H2,1-2H3,(H,34,39)(H,37,38)/t26-,27?,28-/m0/s1. The second-order valence-corrected chi connectivity index (χ2v) is 12.3. The van der Waals surface area contributed by atoms with E-state index in [1.807, 2.05) is 49.6 Å². The molecule has 0 aliphatic heterocycles. The van der Waals surface area contributed by atoms with Gasteiger partial charge in [0.05, 0.1) is 39.0 Å². The Morgan fingerprint density at radius 1 is 1.07 bits per heavy atom. The molecule has 42 heavy (non-hydrogen) atoms. The van der Waals surface area contributed by atoms with E-state index in [2.05, 4.69) is 5.32 Å². The van der Waals surface area contributed by atoms with Gasteiger partial charge in [0.1, 0.15) is 6.10 Å². The highest BCUT2D eigenvalue weighted by Gasteiger charge is 2.23. The summed E-state index contributed by atoms with van der Waals surface area (Å²) in [6.07, 6.45) is 8.32. The third-order valence-electron chi connectivity index (χ3n) is 7.82. The number of aliphatic carboxylic acids is 1. The number of aliphatic hydroxyl groups is 2. The Balaban J connectivity index is 1.80. The number of aryl methyl sites for hydroxylation is 1. The van der Waals surface area contributed by atoms with Crippen molar-refractivity contribution in [2.24, 2.45) is 5.92 Å². The van der Waals surface area contributed by atoms with E-state index in [9.17, 15) is 19.8 Å². The molecular weight excluding hydrogens is 554 g/mol. The highest BCUT2D eigenvalue weighted by Crippen LogP contribution is 2.31. The largest absolute Gasteiger partial charge is 0.481 e. The SMILES string of the molecule is CSCC[C@@H](CC(=O)O)NC(=O)c1ccc(CO[C@H](COCC(O)CO)CC2CCCCC2)cc1-c1ccccc1C. The molecule has 0 saturated heterocycles. The zero-order valence-corrected chi connectivity index (χ0v) is 25.7. The molecule has 1 amide bonds. The van der Waals surface area contributed by atoms with E-state index in [1.54, 1.807) is 17.8 Å². The van der Waals surface area contributed by atoms with Crippen LogP contribution in [0.3, 0.4) is 0 Å². The smallest absolute Gasteiger partial charge is 0.305 e. The minimum Gasteiger partial charge on any atom is -0.481 e. The van der Waals surface area contributed by atoms with E-state index in [4.69, 9.17) is 14.6 Å². The van der Waals surface area contributed by atoms with Crippen molar-refractivity contribution >= 4 is 23.6 Å². The van der Waals surface area contributed by atoms with Gasteiger partial charge in [-0.25, -0.2) is 0 Å². The van der Waals surface area contributed by atoms with Gasteiger partial charge in [0.25, 0.3) is 5.91 Å². The van der Waals surface area contributed by atoms with E-state index in [1.165, 1.54) is 32.1 Å². The molecule has 3 rings (SSSR count). The normalized spacial score (nSPS) is 16.1. The fourth-order valence-corrected chi connectivity index (χ4v) is 6.04. The van der Waals surface area contributed by atoms with Gasteiger partial charge in [0.15, 0.2) is 0 Å². The predicted octanol–water partition coefficient (Wildman–Crippen LogP) is 5.21. The summed E-state index contributed by atoms with van der Waals surface area (Å²) in [6, 6.07) is 13.1. The van der Waals surface area contributed by atoms with Crippen molar-refractivity contribution in [1.82, 2.24) is 5.32 Å². The molecule has 0 heterocycles.